The maximum absolute atomic E-state index is 13.2. The van der Waals surface area contributed by atoms with Gasteiger partial charge in [-0.25, -0.2) is 0 Å². The number of aliphatic hydroxyl groups excluding tert-OH is 2. The quantitative estimate of drug-likeness (QED) is 0.593. The second kappa shape index (κ2) is 7.34. The molecule has 0 spiro atoms. The number of fused-ring (bicyclic) bond motifs is 5. The summed E-state index contributed by atoms with van der Waals surface area (Å²) in [6, 6.07) is 0. The van der Waals surface area contributed by atoms with Gasteiger partial charge in [0, 0.05) is 0 Å². The highest BCUT2D eigenvalue weighted by molar-refractivity contribution is 5.11. The van der Waals surface area contributed by atoms with Crippen LogP contribution in [-0.2, 0) is 0 Å². The summed E-state index contributed by atoms with van der Waals surface area (Å²) in [5.74, 6) is 1.08. The summed E-state index contributed by atoms with van der Waals surface area (Å²) in [4.78, 5) is 0. The van der Waals surface area contributed by atoms with Gasteiger partial charge in [0.2, 0.25) is 0 Å². The zero-order valence-electron chi connectivity index (χ0n) is 18.6. The van der Waals surface area contributed by atoms with E-state index in [0.29, 0.717) is 36.5 Å². The maximum atomic E-state index is 13.2. The summed E-state index contributed by atoms with van der Waals surface area (Å²) in [6.45, 7) is 5.99. The average molecular weight is 433 g/mol. The van der Waals surface area contributed by atoms with Crippen LogP contribution in [0.1, 0.15) is 78.6 Å². The molecular weight excluding hydrogens is 393 g/mol. The summed E-state index contributed by atoms with van der Waals surface area (Å²) < 4.78 is 39.6. The van der Waals surface area contributed by atoms with Crippen LogP contribution in [0.25, 0.3) is 0 Å². The van der Waals surface area contributed by atoms with Crippen LogP contribution < -0.4 is 0 Å². The van der Waals surface area contributed by atoms with Crippen LogP contribution >= 0.6 is 0 Å². The van der Waals surface area contributed by atoms with Crippen LogP contribution in [0.15, 0.2) is 0 Å². The van der Waals surface area contributed by atoms with Gasteiger partial charge in [-0.05, 0) is 104 Å². The highest BCUT2D eigenvalue weighted by Crippen LogP contribution is 2.69. The van der Waals surface area contributed by atoms with Crippen LogP contribution in [0.2, 0.25) is 0 Å². The highest BCUT2D eigenvalue weighted by Gasteiger charge is 2.62. The van der Waals surface area contributed by atoms with Gasteiger partial charge in [-0.15, -0.1) is 0 Å². The van der Waals surface area contributed by atoms with Crippen molar-refractivity contribution in [2.24, 2.45) is 46.3 Å². The molecule has 0 bridgehead atoms. The molecule has 0 heterocycles. The zero-order valence-corrected chi connectivity index (χ0v) is 18.6. The van der Waals surface area contributed by atoms with Crippen LogP contribution in [0.4, 0.5) is 13.2 Å². The Kier molecular flexibility index (Phi) is 5.59. The molecule has 3 N–H and O–H groups in total. The lowest BCUT2D eigenvalue weighted by Gasteiger charge is -2.62. The largest absolute Gasteiger partial charge is 0.414 e. The van der Waals surface area contributed by atoms with Crippen molar-refractivity contribution in [3.8, 4) is 0 Å². The van der Waals surface area contributed by atoms with Gasteiger partial charge in [0.1, 0.15) is 0 Å². The molecule has 0 saturated heterocycles. The van der Waals surface area contributed by atoms with Gasteiger partial charge in [0.25, 0.3) is 0 Å². The number of rotatable bonds is 3. The van der Waals surface area contributed by atoms with Crippen molar-refractivity contribution < 1.29 is 28.5 Å². The Morgan fingerprint density at radius 2 is 1.60 bits per heavy atom. The third-order valence-corrected chi connectivity index (χ3v) is 10.7. The molecular formula is C24H39F3O3. The molecule has 0 aromatic rings. The third kappa shape index (κ3) is 3.35. The minimum absolute atomic E-state index is 0.0866. The van der Waals surface area contributed by atoms with Crippen LogP contribution in [0.5, 0.6) is 0 Å². The first-order chi connectivity index (χ1) is 13.9. The number of hydrogen-bond acceptors (Lipinski definition) is 3. The van der Waals surface area contributed by atoms with Crippen molar-refractivity contribution in [3.05, 3.63) is 0 Å². The second-order valence-electron chi connectivity index (χ2n) is 11.8. The Bertz CT molecular complexity index is 654. The Balaban J connectivity index is 1.54. The van der Waals surface area contributed by atoms with Crippen molar-refractivity contribution >= 4 is 0 Å². The molecule has 4 rings (SSSR count). The highest BCUT2D eigenvalue weighted by atomic mass is 19.4. The Morgan fingerprint density at radius 3 is 2.23 bits per heavy atom. The van der Waals surface area contributed by atoms with E-state index in [0.717, 1.165) is 44.9 Å². The van der Waals surface area contributed by atoms with Gasteiger partial charge in [0.15, 0.2) is 6.10 Å². The predicted octanol–water partition coefficient (Wildman–Crippen LogP) is 4.93. The van der Waals surface area contributed by atoms with Crippen molar-refractivity contribution in [2.75, 3.05) is 6.61 Å². The molecule has 0 unspecified atom stereocenters. The van der Waals surface area contributed by atoms with Gasteiger partial charge in [0.05, 0.1) is 12.2 Å². The molecule has 174 valence electrons. The van der Waals surface area contributed by atoms with E-state index in [1.807, 2.05) is 0 Å². The fraction of sp³-hybridized carbons (Fsp3) is 1.00. The fourth-order valence-electron chi connectivity index (χ4n) is 8.89. The van der Waals surface area contributed by atoms with E-state index in [9.17, 15) is 28.5 Å². The first-order valence-corrected chi connectivity index (χ1v) is 11.9. The van der Waals surface area contributed by atoms with Crippen LogP contribution in [-0.4, -0.2) is 39.8 Å². The lowest BCUT2D eigenvalue weighted by atomic mass is 9.43. The molecule has 4 aliphatic rings. The minimum Gasteiger partial charge on any atom is -0.393 e. The van der Waals surface area contributed by atoms with Gasteiger partial charge in [-0.1, -0.05) is 20.8 Å². The molecule has 0 aromatic carbocycles. The molecule has 4 fully saturated rings. The van der Waals surface area contributed by atoms with E-state index in [1.54, 1.807) is 6.92 Å². The van der Waals surface area contributed by atoms with Crippen molar-refractivity contribution in [1.82, 2.24) is 0 Å². The maximum Gasteiger partial charge on any atom is 0.414 e. The zero-order chi connectivity index (χ0) is 22.1. The first kappa shape index (κ1) is 22.8. The van der Waals surface area contributed by atoms with E-state index in [2.05, 4.69) is 13.8 Å². The predicted molar refractivity (Wildman–Crippen MR) is 108 cm³/mol. The van der Waals surface area contributed by atoms with E-state index in [-0.39, 0.29) is 23.4 Å². The molecule has 3 nitrogen and oxygen atoms in total. The summed E-state index contributed by atoms with van der Waals surface area (Å²) in [6.07, 6.45) is 1.28. The Hall–Kier alpha value is -0.330. The van der Waals surface area contributed by atoms with Gasteiger partial charge < -0.3 is 15.3 Å². The summed E-state index contributed by atoms with van der Waals surface area (Å²) >= 11 is 0. The van der Waals surface area contributed by atoms with E-state index in [1.165, 1.54) is 0 Å². The first-order valence-electron chi connectivity index (χ1n) is 11.9. The SMILES string of the molecule is C[C@@H]([C@H]1CC[C@H]2[C@@H]3CC[C@@H]4C[C@@](O)(CO)CC[C@]4(C)[C@H]3CC[C@@]12C)[C@H](O)C(F)(F)F. The summed E-state index contributed by atoms with van der Waals surface area (Å²) in [5.41, 5.74) is -0.918. The van der Waals surface area contributed by atoms with Crippen LogP contribution in [0, 0.1) is 46.3 Å². The van der Waals surface area contributed by atoms with Crippen LogP contribution in [0.3, 0.4) is 0 Å². The van der Waals surface area contributed by atoms with Gasteiger partial charge in [-0.2, -0.15) is 13.2 Å². The number of alkyl halides is 3. The van der Waals surface area contributed by atoms with Crippen molar-refractivity contribution in [1.29, 1.82) is 0 Å². The number of aliphatic hydroxyl groups is 3. The summed E-state index contributed by atoms with van der Waals surface area (Å²) in [7, 11) is 0. The average Bonchev–Trinajstić information content (AvgIpc) is 3.04. The fourth-order valence-corrected chi connectivity index (χ4v) is 8.89. The molecule has 30 heavy (non-hydrogen) atoms. The minimum atomic E-state index is -4.55. The molecule has 10 atom stereocenters. The lowest BCUT2D eigenvalue weighted by molar-refractivity contribution is -0.228. The Labute approximate surface area is 178 Å². The number of halogens is 3. The van der Waals surface area contributed by atoms with E-state index in [4.69, 9.17) is 0 Å². The molecule has 4 saturated carbocycles. The van der Waals surface area contributed by atoms with E-state index >= 15 is 0 Å². The Morgan fingerprint density at radius 1 is 0.933 bits per heavy atom. The van der Waals surface area contributed by atoms with Gasteiger partial charge >= 0.3 is 6.18 Å². The molecule has 0 aliphatic heterocycles. The molecule has 0 radical (unpaired) electrons. The lowest BCUT2D eigenvalue weighted by Crippen LogP contribution is -2.57. The third-order valence-electron chi connectivity index (χ3n) is 10.7. The van der Waals surface area contributed by atoms with Gasteiger partial charge in [-0.3, -0.25) is 0 Å². The van der Waals surface area contributed by atoms with E-state index < -0.39 is 23.8 Å². The monoisotopic (exact) mass is 432 g/mol. The smallest absolute Gasteiger partial charge is 0.393 e. The topological polar surface area (TPSA) is 60.7 Å². The number of hydrogen-bond donors (Lipinski definition) is 3. The second-order valence-corrected chi connectivity index (χ2v) is 11.8. The molecule has 6 heteroatoms. The summed E-state index contributed by atoms with van der Waals surface area (Å²) in [5, 5.41) is 30.3. The molecule has 0 amide bonds. The van der Waals surface area contributed by atoms with Crippen molar-refractivity contribution in [2.45, 2.75) is 96.4 Å². The molecule has 4 aliphatic carbocycles. The standard InChI is InChI=1S/C24H39F3O3/c1-14(20(29)24(25,26)27)17-6-7-18-16-5-4-15-12-23(30,13-28)11-10-21(15,2)19(16)8-9-22(17,18)3/h14-20,28-30H,4-13H2,1-3H3/t14-,15+,16-,17+,18-,19-,20-,21-,22-,23+/m0/s1. The van der Waals surface area contributed by atoms with Crippen molar-refractivity contribution in [3.63, 3.8) is 0 Å². The normalized spacial score (nSPS) is 50.9. The molecule has 0 aromatic heterocycles.